The zero-order valence-electron chi connectivity index (χ0n) is 18.1. The van der Waals surface area contributed by atoms with Crippen LogP contribution >= 0.6 is 0 Å². The van der Waals surface area contributed by atoms with Crippen LogP contribution in [0.4, 0.5) is 15.4 Å². The summed E-state index contributed by atoms with van der Waals surface area (Å²) in [4.78, 5) is 43.2. The zero-order valence-corrected chi connectivity index (χ0v) is 18.1. The van der Waals surface area contributed by atoms with Crippen molar-refractivity contribution in [2.45, 2.75) is 59.3 Å². The molecule has 9 nitrogen and oxygen atoms in total. The van der Waals surface area contributed by atoms with E-state index in [0.717, 1.165) is 16.0 Å². The number of ether oxygens (including phenoxy) is 3. The van der Waals surface area contributed by atoms with Crippen molar-refractivity contribution >= 4 is 29.5 Å². The molecular formula is C21H27N3O6. The highest BCUT2D eigenvalue weighted by Gasteiger charge is 2.35. The summed E-state index contributed by atoms with van der Waals surface area (Å²) >= 11 is 0. The van der Waals surface area contributed by atoms with Crippen LogP contribution in [0.25, 0.3) is 5.57 Å². The minimum Gasteiger partial charge on any atom is -0.443 e. The maximum Gasteiger partial charge on any atom is 0.425 e. The molecular weight excluding hydrogens is 390 g/mol. The van der Waals surface area contributed by atoms with Crippen molar-refractivity contribution in [1.29, 1.82) is 0 Å². The summed E-state index contributed by atoms with van der Waals surface area (Å²) < 4.78 is 16.2. The molecule has 30 heavy (non-hydrogen) atoms. The van der Waals surface area contributed by atoms with Gasteiger partial charge < -0.3 is 19.5 Å². The predicted octanol–water partition coefficient (Wildman–Crippen LogP) is 3.17. The number of anilines is 1. The first-order chi connectivity index (χ1) is 13.9. The number of hydrogen-bond acceptors (Lipinski definition) is 7. The molecule has 0 saturated heterocycles. The summed E-state index contributed by atoms with van der Waals surface area (Å²) in [6, 6.07) is 3.26. The van der Waals surface area contributed by atoms with Gasteiger partial charge in [-0.05, 0) is 59.2 Å². The molecule has 0 fully saturated rings. The molecule has 3 rings (SSSR count). The fraction of sp³-hybridized carbons (Fsp3) is 0.524. The maximum absolute atomic E-state index is 12.8. The summed E-state index contributed by atoms with van der Waals surface area (Å²) in [5.74, 6) is -0.160. The third kappa shape index (κ3) is 4.79. The van der Waals surface area contributed by atoms with Crippen LogP contribution in [-0.4, -0.2) is 47.5 Å². The van der Waals surface area contributed by atoms with Gasteiger partial charge in [-0.25, -0.2) is 14.6 Å². The normalized spacial score (nSPS) is 16.3. The highest BCUT2D eigenvalue weighted by Crippen LogP contribution is 2.31. The van der Waals surface area contributed by atoms with E-state index in [1.165, 1.54) is 6.07 Å². The Balaban J connectivity index is 2.01. The number of rotatable bonds is 1. The quantitative estimate of drug-likeness (QED) is 0.748. The van der Waals surface area contributed by atoms with Crippen molar-refractivity contribution in [3.63, 3.8) is 0 Å². The summed E-state index contributed by atoms with van der Waals surface area (Å²) in [7, 11) is 0. The molecule has 0 radical (unpaired) electrons. The highest BCUT2D eigenvalue weighted by molar-refractivity contribution is 6.09. The molecule has 162 valence electrons. The van der Waals surface area contributed by atoms with E-state index in [0.29, 0.717) is 17.9 Å². The maximum atomic E-state index is 12.8. The summed E-state index contributed by atoms with van der Waals surface area (Å²) in [6.07, 6.45) is -1.79. The number of imide groups is 1. The van der Waals surface area contributed by atoms with E-state index in [1.54, 1.807) is 47.6 Å². The zero-order chi connectivity index (χ0) is 22.3. The van der Waals surface area contributed by atoms with E-state index in [9.17, 15) is 14.4 Å². The fourth-order valence-electron chi connectivity index (χ4n) is 3.04. The van der Waals surface area contributed by atoms with Gasteiger partial charge in [0.15, 0.2) is 0 Å². The average Bonchev–Trinajstić information content (AvgIpc) is 3.01. The van der Waals surface area contributed by atoms with Crippen LogP contribution in [0, 0.1) is 0 Å². The van der Waals surface area contributed by atoms with E-state index >= 15 is 0 Å². The molecule has 2 aliphatic rings. The van der Waals surface area contributed by atoms with E-state index in [2.05, 4.69) is 10.3 Å². The number of nitrogens with one attached hydrogen (secondary N) is 1. The van der Waals surface area contributed by atoms with Gasteiger partial charge in [0.2, 0.25) is 5.91 Å². The second-order valence-corrected chi connectivity index (χ2v) is 9.09. The highest BCUT2D eigenvalue weighted by atomic mass is 16.6. The Bertz CT molecular complexity index is 896. The van der Waals surface area contributed by atoms with Gasteiger partial charge in [-0.1, -0.05) is 0 Å². The molecule has 0 aliphatic carbocycles. The average molecular weight is 417 g/mol. The number of amides is 3. The fourth-order valence-corrected chi connectivity index (χ4v) is 3.04. The second kappa shape index (κ2) is 7.71. The lowest BCUT2D eigenvalue weighted by atomic mass is 10.0. The second-order valence-electron chi connectivity index (χ2n) is 9.09. The summed E-state index contributed by atoms with van der Waals surface area (Å²) in [5, 5.41) is 2.78. The van der Waals surface area contributed by atoms with E-state index < -0.39 is 23.4 Å². The summed E-state index contributed by atoms with van der Waals surface area (Å²) in [5.41, 5.74) is 0.960. The Morgan fingerprint density at radius 3 is 2.13 bits per heavy atom. The molecule has 9 heteroatoms. The molecule has 1 aromatic heterocycles. The molecule has 0 unspecified atom stereocenters. The standard InChI is InChI=1S/C21H27N3O6/c1-20(2,3)29-18(26)24(19(27)30-21(4,5)6)16-8-7-12-13-10-28-11-14(13)17(25)22-9-15(12)23-16/h7-8H,9-11H2,1-6H3,(H,22,25). The van der Waals surface area contributed by atoms with Gasteiger partial charge in [0, 0.05) is 11.1 Å². The van der Waals surface area contributed by atoms with Crippen molar-refractivity contribution < 1.29 is 28.6 Å². The number of hydrogen-bond donors (Lipinski definition) is 1. The van der Waals surface area contributed by atoms with E-state index in [4.69, 9.17) is 14.2 Å². The molecule has 1 aromatic rings. The van der Waals surface area contributed by atoms with Crippen LogP contribution in [0.3, 0.4) is 0 Å². The first-order valence-corrected chi connectivity index (χ1v) is 9.70. The molecule has 3 heterocycles. The molecule has 0 saturated carbocycles. The molecule has 0 spiro atoms. The van der Waals surface area contributed by atoms with Crippen LogP contribution in [0.15, 0.2) is 17.7 Å². The summed E-state index contributed by atoms with van der Waals surface area (Å²) in [6.45, 7) is 10.9. The lowest BCUT2D eigenvalue weighted by Crippen LogP contribution is -2.44. The van der Waals surface area contributed by atoms with Gasteiger partial charge in [0.05, 0.1) is 25.5 Å². The molecule has 0 aromatic carbocycles. The Labute approximate surface area is 175 Å². The number of carbonyl (C=O) groups excluding carboxylic acids is 3. The Morgan fingerprint density at radius 2 is 1.57 bits per heavy atom. The Hall–Kier alpha value is -2.94. The van der Waals surface area contributed by atoms with Crippen molar-refractivity contribution in [3.8, 4) is 0 Å². The third-order valence-corrected chi connectivity index (χ3v) is 4.21. The third-order valence-electron chi connectivity index (χ3n) is 4.21. The first kappa shape index (κ1) is 21.8. The molecule has 2 aliphatic heterocycles. The predicted molar refractivity (Wildman–Crippen MR) is 109 cm³/mol. The van der Waals surface area contributed by atoms with Crippen LogP contribution in [0.5, 0.6) is 0 Å². The van der Waals surface area contributed by atoms with Crippen LogP contribution < -0.4 is 10.2 Å². The van der Waals surface area contributed by atoms with Gasteiger partial charge in [0.25, 0.3) is 0 Å². The number of carbonyl (C=O) groups is 3. The largest absolute Gasteiger partial charge is 0.443 e. The smallest absolute Gasteiger partial charge is 0.425 e. The number of fused-ring (bicyclic) bond motifs is 2. The van der Waals surface area contributed by atoms with Gasteiger partial charge in [-0.3, -0.25) is 4.79 Å². The number of nitrogens with zero attached hydrogens (tertiary/aromatic N) is 2. The van der Waals surface area contributed by atoms with E-state index in [-0.39, 0.29) is 24.9 Å². The molecule has 0 bridgehead atoms. The van der Waals surface area contributed by atoms with Crippen molar-refractivity contribution in [3.05, 3.63) is 29.0 Å². The number of pyridine rings is 1. The lowest BCUT2D eigenvalue weighted by molar-refractivity contribution is -0.117. The SMILES string of the molecule is CC(C)(C)OC(=O)N(C(=O)OC(C)(C)C)c1ccc2c(n1)CNC(=O)C1=C2COC1. The minimum atomic E-state index is -0.897. The molecule has 3 amide bonds. The Morgan fingerprint density at radius 1 is 1.00 bits per heavy atom. The lowest BCUT2D eigenvalue weighted by Gasteiger charge is -2.28. The van der Waals surface area contributed by atoms with Gasteiger partial charge in [-0.2, -0.15) is 4.90 Å². The molecule has 0 atom stereocenters. The van der Waals surface area contributed by atoms with Crippen molar-refractivity contribution in [2.75, 3.05) is 18.1 Å². The van der Waals surface area contributed by atoms with Crippen molar-refractivity contribution in [1.82, 2.24) is 10.3 Å². The van der Waals surface area contributed by atoms with Gasteiger partial charge >= 0.3 is 12.2 Å². The molecule has 1 N–H and O–H groups in total. The minimum absolute atomic E-state index is 0.0504. The van der Waals surface area contributed by atoms with E-state index in [1.807, 2.05) is 0 Å². The van der Waals surface area contributed by atoms with Crippen LogP contribution in [0.2, 0.25) is 0 Å². The monoisotopic (exact) mass is 417 g/mol. The van der Waals surface area contributed by atoms with Crippen LogP contribution in [0.1, 0.15) is 52.8 Å². The first-order valence-electron chi connectivity index (χ1n) is 9.70. The number of aromatic nitrogens is 1. The topological polar surface area (TPSA) is 107 Å². The van der Waals surface area contributed by atoms with Gasteiger partial charge in [-0.15, -0.1) is 0 Å². The van der Waals surface area contributed by atoms with Gasteiger partial charge in [0.1, 0.15) is 17.0 Å². The Kier molecular flexibility index (Phi) is 5.60. The van der Waals surface area contributed by atoms with Crippen molar-refractivity contribution in [2.24, 2.45) is 0 Å². The van der Waals surface area contributed by atoms with Crippen LogP contribution in [-0.2, 0) is 25.5 Å².